The number of benzene rings is 1. The first-order valence-electron chi connectivity index (χ1n) is 11.7. The first kappa shape index (κ1) is 22.2. The number of amides is 1. The molecule has 1 aromatic carbocycles. The van der Waals surface area contributed by atoms with E-state index in [2.05, 4.69) is 38.7 Å². The summed E-state index contributed by atoms with van der Waals surface area (Å²) in [5.74, 6) is 0.199. The number of nitrogens with one attached hydrogen (secondary N) is 1. The molecule has 2 aliphatic rings. The summed E-state index contributed by atoms with van der Waals surface area (Å²) in [7, 11) is 0. The summed E-state index contributed by atoms with van der Waals surface area (Å²) in [6.45, 7) is 8.05. The fourth-order valence-electron chi connectivity index (χ4n) is 5.16. The van der Waals surface area contributed by atoms with Crippen molar-refractivity contribution in [3.05, 3.63) is 53.3 Å². The van der Waals surface area contributed by atoms with E-state index in [9.17, 15) is 4.79 Å². The fourth-order valence-corrected chi connectivity index (χ4v) is 5.33. The van der Waals surface area contributed by atoms with Gasteiger partial charge in [0.2, 0.25) is 5.91 Å². The van der Waals surface area contributed by atoms with E-state index in [4.69, 9.17) is 11.6 Å². The Labute approximate surface area is 191 Å². The number of nitrogens with zero attached hydrogens (tertiary/aromatic N) is 3. The van der Waals surface area contributed by atoms with Crippen LogP contribution in [-0.4, -0.2) is 54.6 Å². The predicted molar refractivity (Wildman–Crippen MR) is 128 cm³/mol. The second-order valence-corrected chi connectivity index (χ2v) is 9.49. The van der Waals surface area contributed by atoms with E-state index in [1.54, 1.807) is 0 Å². The Morgan fingerprint density at radius 2 is 1.77 bits per heavy atom. The van der Waals surface area contributed by atoms with E-state index < -0.39 is 0 Å². The van der Waals surface area contributed by atoms with Gasteiger partial charge in [0.05, 0.1) is 0 Å². The number of halogens is 1. The average Bonchev–Trinajstić information content (AvgIpc) is 3.35. The zero-order chi connectivity index (χ0) is 21.7. The van der Waals surface area contributed by atoms with Crippen LogP contribution in [0, 0.1) is 6.92 Å². The molecule has 31 heavy (non-hydrogen) atoms. The van der Waals surface area contributed by atoms with E-state index in [1.165, 1.54) is 17.7 Å². The molecule has 1 amide bonds. The Hall–Kier alpha value is -1.98. The molecule has 2 heterocycles. The van der Waals surface area contributed by atoms with Gasteiger partial charge in [0.15, 0.2) is 0 Å². The Kier molecular flexibility index (Phi) is 7.24. The van der Waals surface area contributed by atoms with Crippen molar-refractivity contribution in [2.75, 3.05) is 44.2 Å². The van der Waals surface area contributed by atoms with E-state index in [-0.39, 0.29) is 11.4 Å². The van der Waals surface area contributed by atoms with E-state index in [1.807, 2.05) is 30.6 Å². The van der Waals surface area contributed by atoms with Gasteiger partial charge in [0.1, 0.15) is 5.54 Å². The summed E-state index contributed by atoms with van der Waals surface area (Å²) in [6.07, 6.45) is 10.5. The molecular weight excluding hydrogens is 408 g/mol. The van der Waals surface area contributed by atoms with Gasteiger partial charge in [-0.25, -0.2) is 0 Å². The molecule has 1 N–H and O–H groups in total. The van der Waals surface area contributed by atoms with Crippen LogP contribution in [-0.2, 0) is 10.3 Å². The van der Waals surface area contributed by atoms with Crippen molar-refractivity contribution in [3.8, 4) is 0 Å². The van der Waals surface area contributed by atoms with Crippen LogP contribution in [0.5, 0.6) is 0 Å². The molecule has 0 radical (unpaired) electrons. The number of anilines is 1. The maximum absolute atomic E-state index is 13.2. The molecule has 168 valence electrons. The molecule has 6 heteroatoms. The van der Waals surface area contributed by atoms with Gasteiger partial charge in [-0.15, -0.1) is 0 Å². The highest BCUT2D eigenvalue weighted by molar-refractivity contribution is 6.30. The molecule has 5 nitrogen and oxygen atoms in total. The highest BCUT2D eigenvalue weighted by Gasteiger charge is 2.40. The molecular formula is C25H35ClN4O. The normalized spacial score (nSPS) is 19.4. The number of rotatable bonds is 7. The van der Waals surface area contributed by atoms with Crippen LogP contribution in [0.4, 0.5) is 5.69 Å². The second-order valence-electron chi connectivity index (χ2n) is 9.05. The molecule has 0 atom stereocenters. The lowest BCUT2D eigenvalue weighted by Gasteiger charge is -2.38. The minimum absolute atomic E-state index is 0.199. The smallest absolute Gasteiger partial charge is 0.246 e. The van der Waals surface area contributed by atoms with Crippen LogP contribution in [0.1, 0.15) is 44.1 Å². The molecule has 4 rings (SSSR count). The van der Waals surface area contributed by atoms with Gasteiger partial charge in [-0.2, -0.15) is 0 Å². The number of carbonyl (C=O) groups is 1. The predicted octanol–water partition coefficient (Wildman–Crippen LogP) is 4.44. The molecule has 0 bridgehead atoms. The summed E-state index contributed by atoms with van der Waals surface area (Å²) in [4.78, 5) is 18.1. The van der Waals surface area contributed by atoms with Gasteiger partial charge in [-0.05, 0) is 62.6 Å². The minimum atomic E-state index is -0.387. The van der Waals surface area contributed by atoms with Crippen LogP contribution < -0.4 is 10.2 Å². The highest BCUT2D eigenvalue weighted by atomic mass is 35.5. The molecule has 1 aromatic heterocycles. The Morgan fingerprint density at radius 3 is 2.48 bits per heavy atom. The van der Waals surface area contributed by atoms with E-state index >= 15 is 0 Å². The highest BCUT2D eigenvalue weighted by Crippen LogP contribution is 2.35. The summed E-state index contributed by atoms with van der Waals surface area (Å²) in [6, 6.07) is 10.2. The van der Waals surface area contributed by atoms with Crippen molar-refractivity contribution in [2.24, 2.45) is 0 Å². The Balaban J connectivity index is 1.22. The third kappa shape index (κ3) is 5.09. The van der Waals surface area contributed by atoms with Crippen LogP contribution >= 0.6 is 11.6 Å². The van der Waals surface area contributed by atoms with Crippen molar-refractivity contribution in [3.63, 3.8) is 0 Å². The van der Waals surface area contributed by atoms with Gasteiger partial charge >= 0.3 is 0 Å². The standard InChI is InChI=1S/C25H35ClN4O/c1-21-8-9-22(26)20-23(21)29-18-16-28(17-19-29)13-7-12-27-24(31)25(10-3-2-4-11-25)30-14-5-6-15-30/h5-6,8-9,14-15,20H,2-4,7,10-13,16-19H2,1H3,(H,27,31). The minimum Gasteiger partial charge on any atom is -0.369 e. The molecule has 1 aliphatic carbocycles. The maximum atomic E-state index is 13.2. The molecule has 1 saturated heterocycles. The van der Waals surface area contributed by atoms with E-state index in [0.717, 1.165) is 76.4 Å². The first-order valence-corrected chi connectivity index (χ1v) is 12.1. The molecule has 1 saturated carbocycles. The number of aromatic nitrogens is 1. The molecule has 1 aliphatic heterocycles. The van der Waals surface area contributed by atoms with Crippen molar-refractivity contribution in [1.29, 1.82) is 0 Å². The summed E-state index contributed by atoms with van der Waals surface area (Å²) in [5.41, 5.74) is 2.14. The zero-order valence-corrected chi connectivity index (χ0v) is 19.4. The van der Waals surface area contributed by atoms with Crippen LogP contribution in [0.2, 0.25) is 5.02 Å². The third-order valence-electron chi connectivity index (χ3n) is 7.02. The maximum Gasteiger partial charge on any atom is 0.246 e. The van der Waals surface area contributed by atoms with Crippen molar-refractivity contribution < 1.29 is 4.79 Å². The molecule has 0 unspecified atom stereocenters. The lowest BCUT2D eigenvalue weighted by atomic mass is 9.80. The third-order valence-corrected chi connectivity index (χ3v) is 7.26. The second kappa shape index (κ2) is 10.1. The Morgan fingerprint density at radius 1 is 1.06 bits per heavy atom. The molecule has 2 fully saturated rings. The van der Waals surface area contributed by atoms with Gasteiger partial charge in [-0.3, -0.25) is 9.69 Å². The summed E-state index contributed by atoms with van der Waals surface area (Å²) in [5, 5.41) is 4.06. The lowest BCUT2D eigenvalue weighted by Crippen LogP contribution is -2.50. The largest absolute Gasteiger partial charge is 0.369 e. The monoisotopic (exact) mass is 442 g/mol. The van der Waals surface area contributed by atoms with Gasteiger partial charge in [0, 0.05) is 55.8 Å². The Bertz CT molecular complexity index is 852. The number of hydrogen-bond acceptors (Lipinski definition) is 3. The van der Waals surface area contributed by atoms with Crippen molar-refractivity contribution in [2.45, 2.75) is 51.0 Å². The molecule has 0 spiro atoms. The van der Waals surface area contributed by atoms with Gasteiger partial charge < -0.3 is 14.8 Å². The zero-order valence-electron chi connectivity index (χ0n) is 18.7. The number of carbonyl (C=O) groups excluding carboxylic acids is 1. The fraction of sp³-hybridized carbons (Fsp3) is 0.560. The summed E-state index contributed by atoms with van der Waals surface area (Å²) >= 11 is 6.20. The van der Waals surface area contributed by atoms with Crippen molar-refractivity contribution in [1.82, 2.24) is 14.8 Å². The van der Waals surface area contributed by atoms with Crippen LogP contribution in [0.25, 0.3) is 0 Å². The quantitative estimate of drug-likeness (QED) is 0.644. The van der Waals surface area contributed by atoms with Gasteiger partial charge in [0.25, 0.3) is 0 Å². The van der Waals surface area contributed by atoms with Crippen LogP contribution in [0.3, 0.4) is 0 Å². The summed E-state index contributed by atoms with van der Waals surface area (Å²) < 4.78 is 2.14. The SMILES string of the molecule is Cc1ccc(Cl)cc1N1CCN(CCCNC(=O)C2(n3cccc3)CCCCC2)CC1. The number of aryl methyl sites for hydroxylation is 1. The average molecular weight is 443 g/mol. The van der Waals surface area contributed by atoms with Gasteiger partial charge in [-0.1, -0.05) is 36.9 Å². The van der Waals surface area contributed by atoms with Crippen LogP contribution in [0.15, 0.2) is 42.7 Å². The number of hydrogen-bond donors (Lipinski definition) is 1. The number of piperazine rings is 1. The van der Waals surface area contributed by atoms with Crippen molar-refractivity contribution >= 4 is 23.2 Å². The topological polar surface area (TPSA) is 40.5 Å². The lowest BCUT2D eigenvalue weighted by molar-refractivity contribution is -0.131. The van der Waals surface area contributed by atoms with E-state index in [0.29, 0.717) is 0 Å². The first-order chi connectivity index (χ1) is 15.1. The molecule has 2 aromatic rings.